The minimum Gasteiger partial charge on any atom is -0.409 e. The summed E-state index contributed by atoms with van der Waals surface area (Å²) in [7, 11) is -3.82. The molecule has 0 spiro atoms. The Morgan fingerprint density at radius 3 is 2.29 bits per heavy atom. The number of benzene rings is 2. The van der Waals surface area contributed by atoms with Crippen molar-refractivity contribution in [2.24, 2.45) is 0 Å². The first-order chi connectivity index (χ1) is 14.8. The molecule has 0 amide bonds. The summed E-state index contributed by atoms with van der Waals surface area (Å²) in [4.78, 5) is 2.25. The van der Waals surface area contributed by atoms with E-state index >= 15 is 0 Å². The minimum absolute atomic E-state index is 0.0706. The standard InChI is InChI=1S/C19H17BrCl2N4O3S2/c20-14-10-15(21)17(16(22)11-14)31(27,28)25-8-6-24(7-9-25)12-26-19(30)29-18(23-26)13-4-2-1-3-5-13/h1-5,10-11H,6-9,12H2. The predicted molar refractivity (Wildman–Crippen MR) is 125 cm³/mol. The van der Waals surface area contributed by atoms with E-state index < -0.39 is 10.0 Å². The van der Waals surface area contributed by atoms with Gasteiger partial charge in [0.05, 0.1) is 16.7 Å². The highest BCUT2D eigenvalue weighted by Crippen LogP contribution is 2.35. The lowest BCUT2D eigenvalue weighted by molar-refractivity contribution is 0.143. The highest BCUT2D eigenvalue weighted by Gasteiger charge is 2.32. The summed E-state index contributed by atoms with van der Waals surface area (Å²) in [6.07, 6.45) is 0. The molecule has 1 aromatic heterocycles. The molecule has 31 heavy (non-hydrogen) atoms. The number of piperazine rings is 1. The highest BCUT2D eigenvalue weighted by atomic mass is 79.9. The molecule has 0 saturated carbocycles. The van der Waals surface area contributed by atoms with Crippen molar-refractivity contribution in [2.45, 2.75) is 11.6 Å². The average molecular weight is 564 g/mol. The van der Waals surface area contributed by atoms with Crippen molar-refractivity contribution in [3.63, 3.8) is 0 Å². The Labute approximate surface area is 203 Å². The van der Waals surface area contributed by atoms with Crippen molar-refractivity contribution in [1.82, 2.24) is 19.0 Å². The number of aromatic nitrogens is 2. The smallest absolute Gasteiger partial charge is 0.288 e. The zero-order valence-corrected chi connectivity index (χ0v) is 20.8. The Hall–Kier alpha value is -1.27. The van der Waals surface area contributed by atoms with Crippen LogP contribution in [0.3, 0.4) is 0 Å². The molecule has 12 heteroatoms. The predicted octanol–water partition coefficient (Wildman–Crippen LogP) is 4.91. The fourth-order valence-electron chi connectivity index (χ4n) is 3.30. The third-order valence-electron chi connectivity index (χ3n) is 4.85. The Balaban J connectivity index is 1.45. The fourth-order valence-corrected chi connectivity index (χ4v) is 6.78. The molecule has 1 fully saturated rings. The molecular formula is C19H17BrCl2N4O3S2. The Morgan fingerprint density at radius 2 is 1.68 bits per heavy atom. The molecule has 1 aliphatic heterocycles. The van der Waals surface area contributed by atoms with E-state index in [9.17, 15) is 8.42 Å². The van der Waals surface area contributed by atoms with Crippen LogP contribution in [0.25, 0.3) is 11.5 Å². The van der Waals surface area contributed by atoms with Gasteiger partial charge in [0.15, 0.2) is 0 Å². The van der Waals surface area contributed by atoms with E-state index in [-0.39, 0.29) is 19.8 Å². The molecule has 0 N–H and O–H groups in total. The summed E-state index contributed by atoms with van der Waals surface area (Å²) in [5.74, 6) is 0.450. The van der Waals surface area contributed by atoms with Gasteiger partial charge < -0.3 is 4.42 Å². The largest absolute Gasteiger partial charge is 0.409 e. The molecule has 4 rings (SSSR count). The molecule has 164 valence electrons. The van der Waals surface area contributed by atoms with Gasteiger partial charge in [-0.25, -0.2) is 13.1 Å². The number of hydrogen-bond acceptors (Lipinski definition) is 6. The van der Waals surface area contributed by atoms with Crippen LogP contribution in [0.4, 0.5) is 0 Å². The van der Waals surface area contributed by atoms with Crippen molar-refractivity contribution < 1.29 is 12.8 Å². The number of halogens is 3. The van der Waals surface area contributed by atoms with Crippen molar-refractivity contribution in [3.8, 4) is 11.5 Å². The monoisotopic (exact) mass is 562 g/mol. The summed E-state index contributed by atoms with van der Waals surface area (Å²) >= 11 is 20.9. The van der Waals surface area contributed by atoms with Gasteiger partial charge in [0.2, 0.25) is 15.9 Å². The van der Waals surface area contributed by atoms with Crippen LogP contribution < -0.4 is 0 Å². The highest BCUT2D eigenvalue weighted by molar-refractivity contribution is 9.10. The van der Waals surface area contributed by atoms with Crippen molar-refractivity contribution in [1.29, 1.82) is 0 Å². The van der Waals surface area contributed by atoms with Gasteiger partial charge in [0, 0.05) is 36.2 Å². The van der Waals surface area contributed by atoms with Gasteiger partial charge in [0.25, 0.3) is 4.84 Å². The summed E-state index contributed by atoms with van der Waals surface area (Å²) in [6.45, 7) is 1.99. The van der Waals surface area contributed by atoms with Gasteiger partial charge in [0.1, 0.15) is 4.90 Å². The van der Waals surface area contributed by atoms with Crippen molar-refractivity contribution in [3.05, 3.63) is 61.8 Å². The summed E-state index contributed by atoms with van der Waals surface area (Å²) in [6, 6.07) is 12.5. The maximum Gasteiger partial charge on any atom is 0.288 e. The molecule has 0 atom stereocenters. The van der Waals surface area contributed by atoms with Crippen LogP contribution in [0.1, 0.15) is 0 Å². The second-order valence-electron chi connectivity index (χ2n) is 6.90. The Morgan fingerprint density at radius 1 is 1.06 bits per heavy atom. The van der Waals surface area contributed by atoms with Crippen molar-refractivity contribution >= 4 is 61.4 Å². The molecule has 1 aliphatic rings. The number of rotatable bonds is 5. The first-order valence-electron chi connectivity index (χ1n) is 9.26. The average Bonchev–Trinajstić information content (AvgIpc) is 3.08. The van der Waals surface area contributed by atoms with Gasteiger partial charge in [-0.05, 0) is 36.5 Å². The van der Waals surface area contributed by atoms with Crippen LogP contribution in [-0.4, -0.2) is 53.6 Å². The Kier molecular flexibility index (Phi) is 6.87. The van der Waals surface area contributed by atoms with Crippen LogP contribution in [0, 0.1) is 4.84 Å². The van der Waals surface area contributed by atoms with Gasteiger partial charge in [-0.3, -0.25) is 4.90 Å². The quantitative estimate of drug-likeness (QED) is 0.411. The lowest BCUT2D eigenvalue weighted by Crippen LogP contribution is -2.49. The number of nitrogens with zero attached hydrogens (tertiary/aromatic N) is 4. The molecule has 0 aliphatic carbocycles. The van der Waals surface area contributed by atoms with E-state index in [2.05, 4.69) is 25.9 Å². The first-order valence-corrected chi connectivity index (χ1v) is 12.7. The van der Waals surface area contributed by atoms with Gasteiger partial charge >= 0.3 is 0 Å². The molecule has 7 nitrogen and oxygen atoms in total. The van der Waals surface area contributed by atoms with Gasteiger partial charge in [-0.1, -0.05) is 57.3 Å². The van der Waals surface area contributed by atoms with Crippen LogP contribution in [0.2, 0.25) is 10.0 Å². The lowest BCUT2D eigenvalue weighted by atomic mass is 10.2. The van der Waals surface area contributed by atoms with Crippen LogP contribution in [-0.2, 0) is 16.7 Å². The van der Waals surface area contributed by atoms with Crippen molar-refractivity contribution in [2.75, 3.05) is 26.2 Å². The molecule has 0 unspecified atom stereocenters. The number of hydrogen-bond donors (Lipinski definition) is 0. The fraction of sp³-hybridized carbons (Fsp3) is 0.263. The summed E-state index contributed by atoms with van der Waals surface area (Å²) in [5, 5.41) is 4.63. The second-order valence-corrected chi connectivity index (χ2v) is 10.9. The van der Waals surface area contributed by atoms with E-state index in [1.807, 2.05) is 30.3 Å². The minimum atomic E-state index is -3.82. The third kappa shape index (κ3) is 4.90. The number of sulfonamides is 1. The molecule has 2 aromatic carbocycles. The van der Waals surface area contributed by atoms with Gasteiger partial charge in [-0.15, -0.1) is 5.10 Å². The van der Waals surface area contributed by atoms with E-state index in [4.69, 9.17) is 39.8 Å². The molecular weight excluding hydrogens is 547 g/mol. The normalized spacial score (nSPS) is 16.0. The molecule has 0 bridgehead atoms. The summed E-state index contributed by atoms with van der Waals surface area (Å²) in [5.41, 5.74) is 0.839. The maximum atomic E-state index is 13.1. The van der Waals surface area contributed by atoms with E-state index in [0.29, 0.717) is 43.2 Å². The zero-order chi connectivity index (χ0) is 22.2. The lowest BCUT2D eigenvalue weighted by Gasteiger charge is -2.33. The van der Waals surface area contributed by atoms with Gasteiger partial charge in [-0.2, -0.15) is 4.31 Å². The second kappa shape index (κ2) is 9.30. The van der Waals surface area contributed by atoms with E-state index in [1.165, 1.54) is 16.4 Å². The zero-order valence-electron chi connectivity index (χ0n) is 16.0. The van der Waals surface area contributed by atoms with Crippen LogP contribution in [0.15, 0.2) is 56.2 Å². The van der Waals surface area contributed by atoms with E-state index in [0.717, 1.165) is 5.56 Å². The van der Waals surface area contributed by atoms with E-state index in [1.54, 1.807) is 4.68 Å². The molecule has 3 aromatic rings. The van der Waals surface area contributed by atoms with Crippen LogP contribution in [0.5, 0.6) is 0 Å². The van der Waals surface area contributed by atoms with Crippen LogP contribution >= 0.6 is 51.3 Å². The molecule has 0 radical (unpaired) electrons. The topological polar surface area (TPSA) is 71.6 Å². The maximum absolute atomic E-state index is 13.1. The Bertz CT molecular complexity index is 1230. The molecule has 1 saturated heterocycles. The first kappa shape index (κ1) is 22.9. The third-order valence-corrected chi connectivity index (χ3v) is 8.43. The summed E-state index contributed by atoms with van der Waals surface area (Å²) < 4.78 is 35.4. The molecule has 2 heterocycles. The SMILES string of the molecule is O=S(=O)(c1c(Cl)cc(Br)cc1Cl)N1CCN(Cn2nc(-c3ccccc3)oc2=S)CC1.